The minimum atomic E-state index is -1.21. The molecule has 1 aliphatic heterocycles. The Bertz CT molecular complexity index is 533. The molecule has 0 aromatic heterocycles. The van der Waals surface area contributed by atoms with Crippen molar-refractivity contribution in [3.8, 4) is 0 Å². The number of amides is 1. The van der Waals surface area contributed by atoms with Crippen molar-refractivity contribution >= 4 is 17.7 Å². The van der Waals surface area contributed by atoms with E-state index >= 15 is 0 Å². The molecule has 0 spiro atoms. The number of nitrogens with one attached hydrogen (secondary N) is 2. The van der Waals surface area contributed by atoms with Crippen LogP contribution in [0.2, 0.25) is 5.02 Å². The van der Waals surface area contributed by atoms with Gasteiger partial charge in [0.05, 0.1) is 0 Å². The standard InChI is InChI=1S/C13H16ClN.C3H7NO2/c1-7-3-10-9(4-13(7)14)8(2)11-5-15-6-12(10)11;1-2-4-3(5)6/h3-4,8,11-12,15H,5-6H2,1-2H3;4H,2H2,1H3,(H,5,6)/p-1. The zero-order valence-corrected chi connectivity index (χ0v) is 13.5. The van der Waals surface area contributed by atoms with E-state index < -0.39 is 6.09 Å². The highest BCUT2D eigenvalue weighted by Crippen LogP contribution is 2.49. The molecule has 1 aliphatic carbocycles. The van der Waals surface area contributed by atoms with Crippen molar-refractivity contribution in [2.75, 3.05) is 19.6 Å². The monoisotopic (exact) mass is 309 g/mol. The Morgan fingerprint density at radius 1 is 1.43 bits per heavy atom. The third kappa shape index (κ3) is 3.33. The van der Waals surface area contributed by atoms with Crippen LogP contribution in [0.4, 0.5) is 4.79 Å². The van der Waals surface area contributed by atoms with E-state index in [2.05, 4.69) is 31.3 Å². The summed E-state index contributed by atoms with van der Waals surface area (Å²) in [7, 11) is 0. The smallest absolute Gasteiger partial charge is 0.134 e. The maximum atomic E-state index is 9.38. The van der Waals surface area contributed by atoms with Gasteiger partial charge in [0.2, 0.25) is 0 Å². The van der Waals surface area contributed by atoms with E-state index in [0.29, 0.717) is 12.5 Å². The zero-order chi connectivity index (χ0) is 15.6. The Kier molecular flexibility index (Phi) is 5.12. The summed E-state index contributed by atoms with van der Waals surface area (Å²) in [6.45, 7) is 8.85. The quantitative estimate of drug-likeness (QED) is 0.834. The number of benzene rings is 1. The lowest BCUT2D eigenvalue weighted by atomic mass is 9.91. The SMILES string of the molecule is CCNC(=O)[O-].Cc1cc2c(cc1Cl)C(C)C1CNCC21. The van der Waals surface area contributed by atoms with Crippen molar-refractivity contribution < 1.29 is 9.90 Å². The van der Waals surface area contributed by atoms with Crippen LogP contribution in [0.15, 0.2) is 12.1 Å². The first-order valence-electron chi connectivity index (χ1n) is 7.41. The minimum Gasteiger partial charge on any atom is -0.530 e. The summed E-state index contributed by atoms with van der Waals surface area (Å²) >= 11 is 6.20. The van der Waals surface area contributed by atoms with Gasteiger partial charge in [-0.05, 0) is 55.0 Å². The van der Waals surface area contributed by atoms with Gasteiger partial charge in [-0.3, -0.25) is 0 Å². The molecule has 0 saturated carbocycles. The number of halogens is 1. The van der Waals surface area contributed by atoms with Crippen LogP contribution in [0.3, 0.4) is 0 Å². The normalized spacial score (nSPS) is 25.6. The maximum Gasteiger partial charge on any atom is 0.134 e. The first-order chi connectivity index (χ1) is 9.95. The van der Waals surface area contributed by atoms with Crippen molar-refractivity contribution in [3.63, 3.8) is 0 Å². The van der Waals surface area contributed by atoms with E-state index in [1.807, 2.05) is 5.32 Å². The van der Waals surface area contributed by atoms with Crippen molar-refractivity contribution in [2.24, 2.45) is 5.92 Å². The van der Waals surface area contributed by atoms with Gasteiger partial charge >= 0.3 is 0 Å². The van der Waals surface area contributed by atoms with E-state index in [4.69, 9.17) is 11.6 Å². The minimum absolute atomic E-state index is 0.419. The molecule has 1 amide bonds. The van der Waals surface area contributed by atoms with Crippen LogP contribution < -0.4 is 15.7 Å². The van der Waals surface area contributed by atoms with E-state index in [1.165, 1.54) is 11.1 Å². The molecule has 5 heteroatoms. The van der Waals surface area contributed by atoms with Gasteiger partial charge in [-0.2, -0.15) is 0 Å². The average molecular weight is 310 g/mol. The fourth-order valence-electron chi connectivity index (χ4n) is 3.37. The van der Waals surface area contributed by atoms with Crippen LogP contribution in [0.25, 0.3) is 0 Å². The third-order valence-corrected chi connectivity index (χ3v) is 4.89. The molecule has 3 rings (SSSR count). The van der Waals surface area contributed by atoms with Crippen molar-refractivity contribution in [2.45, 2.75) is 32.6 Å². The number of carboxylic acid groups (broad SMARTS) is 1. The lowest BCUT2D eigenvalue weighted by molar-refractivity contribution is -0.250. The fraction of sp³-hybridized carbons (Fsp3) is 0.562. The van der Waals surface area contributed by atoms with Gasteiger partial charge in [0.15, 0.2) is 0 Å². The molecular weight excluding hydrogens is 288 g/mol. The van der Waals surface area contributed by atoms with E-state index in [9.17, 15) is 9.90 Å². The number of hydrogen-bond acceptors (Lipinski definition) is 3. The number of rotatable bonds is 1. The average Bonchev–Trinajstić information content (AvgIpc) is 2.97. The Balaban J connectivity index is 0.000000232. The van der Waals surface area contributed by atoms with Gasteiger partial charge in [-0.25, -0.2) is 0 Å². The topological polar surface area (TPSA) is 64.2 Å². The zero-order valence-electron chi connectivity index (χ0n) is 12.7. The van der Waals surface area contributed by atoms with Gasteiger partial charge in [0.1, 0.15) is 6.09 Å². The Hall–Kier alpha value is -1.26. The third-order valence-electron chi connectivity index (χ3n) is 4.48. The molecule has 0 bridgehead atoms. The molecule has 1 aromatic rings. The molecule has 2 aliphatic rings. The van der Waals surface area contributed by atoms with E-state index in [1.54, 1.807) is 12.5 Å². The number of carbonyl (C=O) groups excluding carboxylic acids is 1. The van der Waals surface area contributed by atoms with Crippen molar-refractivity contribution in [1.82, 2.24) is 10.6 Å². The summed E-state index contributed by atoms with van der Waals surface area (Å²) in [6.07, 6.45) is -1.21. The second-order valence-electron chi connectivity index (χ2n) is 5.77. The van der Waals surface area contributed by atoms with Crippen LogP contribution in [0, 0.1) is 12.8 Å². The lowest BCUT2D eigenvalue weighted by Crippen LogP contribution is -2.35. The molecule has 2 N–H and O–H groups in total. The number of fused-ring (bicyclic) bond motifs is 3. The van der Waals surface area contributed by atoms with Gasteiger partial charge < -0.3 is 20.5 Å². The predicted molar refractivity (Wildman–Crippen MR) is 82.8 cm³/mol. The summed E-state index contributed by atoms with van der Waals surface area (Å²) < 4.78 is 0. The number of aryl methyl sites for hydroxylation is 1. The fourth-order valence-corrected chi connectivity index (χ4v) is 3.55. The summed E-state index contributed by atoms with van der Waals surface area (Å²) in [5.41, 5.74) is 4.25. The first-order valence-corrected chi connectivity index (χ1v) is 7.79. The summed E-state index contributed by atoms with van der Waals surface area (Å²) in [5, 5.41) is 15.8. The Morgan fingerprint density at radius 3 is 2.71 bits per heavy atom. The molecule has 0 radical (unpaired) electrons. The van der Waals surface area contributed by atoms with Crippen molar-refractivity contribution in [3.05, 3.63) is 33.8 Å². The first kappa shape index (κ1) is 16.1. The van der Waals surface area contributed by atoms with Crippen LogP contribution >= 0.6 is 11.6 Å². The van der Waals surface area contributed by atoms with Gasteiger partial charge in [0.25, 0.3) is 0 Å². The van der Waals surface area contributed by atoms with Crippen LogP contribution in [-0.2, 0) is 0 Å². The van der Waals surface area contributed by atoms with Gasteiger partial charge in [0, 0.05) is 24.0 Å². The Morgan fingerprint density at radius 2 is 2.14 bits per heavy atom. The molecule has 4 nitrogen and oxygen atoms in total. The second kappa shape index (κ2) is 6.67. The molecule has 1 aromatic carbocycles. The number of carbonyl (C=O) groups is 1. The second-order valence-corrected chi connectivity index (χ2v) is 6.17. The highest BCUT2D eigenvalue weighted by Gasteiger charge is 2.41. The predicted octanol–water partition coefficient (Wildman–Crippen LogP) is 2.01. The van der Waals surface area contributed by atoms with Crippen LogP contribution in [-0.4, -0.2) is 25.7 Å². The molecule has 116 valence electrons. The van der Waals surface area contributed by atoms with Crippen LogP contribution in [0.5, 0.6) is 0 Å². The molecular formula is C16H22ClN2O2-. The number of hydrogen-bond donors (Lipinski definition) is 2. The highest BCUT2D eigenvalue weighted by molar-refractivity contribution is 6.31. The molecule has 21 heavy (non-hydrogen) atoms. The van der Waals surface area contributed by atoms with E-state index in [-0.39, 0.29) is 0 Å². The molecule has 3 unspecified atom stereocenters. The summed E-state index contributed by atoms with van der Waals surface area (Å²) in [4.78, 5) is 9.38. The van der Waals surface area contributed by atoms with E-state index in [0.717, 1.165) is 29.9 Å². The van der Waals surface area contributed by atoms with Gasteiger partial charge in [-0.1, -0.05) is 24.6 Å². The van der Waals surface area contributed by atoms with Crippen molar-refractivity contribution in [1.29, 1.82) is 0 Å². The van der Waals surface area contributed by atoms with Gasteiger partial charge in [-0.15, -0.1) is 0 Å². The molecule has 1 saturated heterocycles. The molecule has 3 atom stereocenters. The maximum absolute atomic E-state index is 9.38. The molecule has 1 fully saturated rings. The lowest BCUT2D eigenvalue weighted by Gasteiger charge is -2.12. The summed E-state index contributed by atoms with van der Waals surface area (Å²) in [5.74, 6) is 2.18. The Labute approximate surface area is 130 Å². The largest absolute Gasteiger partial charge is 0.530 e. The summed E-state index contributed by atoms with van der Waals surface area (Å²) in [6, 6.07) is 4.49. The van der Waals surface area contributed by atoms with Crippen LogP contribution in [0.1, 0.15) is 42.4 Å². The molecule has 1 heterocycles. The highest BCUT2D eigenvalue weighted by atomic mass is 35.5.